The number of rotatable bonds is 6. The van der Waals surface area contributed by atoms with Crippen LogP contribution >= 0.6 is 11.9 Å². The van der Waals surface area contributed by atoms with Crippen LogP contribution in [-0.2, 0) is 20.1 Å². The highest BCUT2D eigenvalue weighted by Gasteiger charge is 2.68. The van der Waals surface area contributed by atoms with Crippen molar-refractivity contribution in [1.29, 1.82) is 0 Å². The number of ketones is 2. The number of carbonyl (C=O) groups is 3. The number of hydrogen-bond acceptors (Lipinski definition) is 11. The molecule has 1 amide bonds. The molecule has 0 bridgehead atoms. The molecule has 210 valence electrons. The summed E-state index contributed by atoms with van der Waals surface area (Å²) in [5, 5.41) is 57.5. The molecule has 0 saturated heterocycles. The van der Waals surface area contributed by atoms with Crippen molar-refractivity contribution in [3.8, 4) is 11.5 Å². The Morgan fingerprint density at radius 2 is 1.73 bits per heavy atom. The van der Waals surface area contributed by atoms with Crippen molar-refractivity contribution in [1.82, 2.24) is 4.90 Å². The molecule has 1 fully saturated rings. The lowest BCUT2D eigenvalue weighted by molar-refractivity contribution is -0.202. The maximum atomic E-state index is 13.5. The van der Waals surface area contributed by atoms with Crippen molar-refractivity contribution in [3.05, 3.63) is 65.2 Å². The lowest BCUT2D eigenvalue weighted by Gasteiger charge is -2.53. The molecule has 1 saturated carbocycles. The van der Waals surface area contributed by atoms with E-state index in [1.807, 2.05) is 30.3 Å². The molecule has 2 unspecified atom stereocenters. The first-order valence-corrected chi connectivity index (χ1v) is 13.5. The first kappa shape index (κ1) is 27.9. The second-order valence-electron chi connectivity index (χ2n) is 10.3. The minimum atomic E-state index is -2.88. The molecule has 3 aromatic rings. The predicted molar refractivity (Wildman–Crippen MR) is 147 cm³/mol. The van der Waals surface area contributed by atoms with Crippen molar-refractivity contribution in [2.75, 3.05) is 18.8 Å². The molecule has 0 aliphatic heterocycles. The second-order valence-corrected chi connectivity index (χ2v) is 11.1. The van der Waals surface area contributed by atoms with Gasteiger partial charge in [-0.15, -0.1) is 0 Å². The SMILES string of the molecule is CN(C)[C@@H]1C(=O)C(C(N)=O)C(=O)[C@@]2(O)C(O)c3c(c(NSCc4ccccc4)c4cccc(O)c4c3O)[C@H](O)[C@@H]12. The number of Topliss-reactive ketones (excluding diaryl/α,β-unsaturated/α-hetero) is 2. The van der Waals surface area contributed by atoms with Gasteiger partial charge in [-0.05, 0) is 37.7 Å². The number of aliphatic hydroxyl groups is 3. The molecule has 6 atom stereocenters. The largest absolute Gasteiger partial charge is 0.507 e. The molecular weight excluding hydrogens is 538 g/mol. The number of hydrogen-bond donors (Lipinski definition) is 7. The van der Waals surface area contributed by atoms with E-state index < -0.39 is 64.5 Å². The number of anilines is 1. The number of aliphatic hydroxyl groups excluding tert-OH is 2. The molecule has 12 heteroatoms. The summed E-state index contributed by atoms with van der Waals surface area (Å²) in [5.41, 5.74) is 3.21. The van der Waals surface area contributed by atoms with Gasteiger partial charge in [0.05, 0.1) is 29.1 Å². The van der Waals surface area contributed by atoms with Gasteiger partial charge in [-0.3, -0.25) is 19.3 Å². The Bertz CT molecular complexity index is 1530. The number of nitrogens with two attached hydrogens (primary N) is 1. The highest BCUT2D eigenvalue weighted by atomic mass is 32.2. The number of phenolic OH excluding ortho intramolecular Hbond substituents is 2. The second kappa shape index (κ2) is 10.1. The highest BCUT2D eigenvalue weighted by molar-refractivity contribution is 7.99. The van der Waals surface area contributed by atoms with Gasteiger partial charge in [-0.2, -0.15) is 0 Å². The van der Waals surface area contributed by atoms with Crippen molar-refractivity contribution >= 4 is 45.9 Å². The molecule has 0 heterocycles. The van der Waals surface area contributed by atoms with E-state index in [1.54, 1.807) is 6.07 Å². The van der Waals surface area contributed by atoms with Crippen LogP contribution in [0, 0.1) is 11.8 Å². The summed E-state index contributed by atoms with van der Waals surface area (Å²) in [6, 6.07) is 12.5. The third-order valence-electron chi connectivity index (χ3n) is 7.87. The third kappa shape index (κ3) is 3.94. The molecular formula is C28H29N3O8S. The Hall–Kier alpha value is -3.68. The van der Waals surface area contributed by atoms with Crippen molar-refractivity contribution < 1.29 is 39.9 Å². The number of fused-ring (bicyclic) bond motifs is 3. The number of primary amides is 1. The quantitative estimate of drug-likeness (QED) is 0.128. The summed E-state index contributed by atoms with van der Waals surface area (Å²) < 4.78 is 3.16. The van der Waals surface area contributed by atoms with Crippen LogP contribution in [0.3, 0.4) is 0 Å². The van der Waals surface area contributed by atoms with E-state index in [9.17, 15) is 39.9 Å². The van der Waals surface area contributed by atoms with Gasteiger partial charge < -0.3 is 36.0 Å². The molecule has 3 aromatic carbocycles. The Labute approximate surface area is 233 Å². The molecule has 0 spiro atoms. The zero-order chi connectivity index (χ0) is 29.1. The van der Waals surface area contributed by atoms with Crippen LogP contribution in [-0.4, -0.2) is 73.6 Å². The number of aromatic hydroxyl groups is 2. The number of amides is 1. The monoisotopic (exact) mass is 567 g/mol. The Morgan fingerprint density at radius 1 is 1.05 bits per heavy atom. The van der Waals surface area contributed by atoms with E-state index in [0.717, 1.165) is 5.56 Å². The van der Waals surface area contributed by atoms with Gasteiger partial charge in [0.2, 0.25) is 5.91 Å². The van der Waals surface area contributed by atoms with Gasteiger partial charge in [0.1, 0.15) is 17.6 Å². The number of carbonyl (C=O) groups excluding carboxylic acids is 3. The van der Waals surface area contributed by atoms with E-state index in [-0.39, 0.29) is 22.4 Å². The zero-order valence-electron chi connectivity index (χ0n) is 21.6. The van der Waals surface area contributed by atoms with Crippen LogP contribution in [0.15, 0.2) is 48.5 Å². The molecule has 40 heavy (non-hydrogen) atoms. The Kier molecular flexibility index (Phi) is 7.01. The average molecular weight is 568 g/mol. The number of phenols is 2. The zero-order valence-corrected chi connectivity index (χ0v) is 22.4. The molecule has 0 radical (unpaired) electrons. The van der Waals surface area contributed by atoms with Gasteiger partial charge in [0.15, 0.2) is 23.1 Å². The molecule has 0 aromatic heterocycles. The summed E-state index contributed by atoms with van der Waals surface area (Å²) in [5.74, 6) is -7.83. The Morgan fingerprint density at radius 3 is 2.35 bits per heavy atom. The van der Waals surface area contributed by atoms with Gasteiger partial charge in [0, 0.05) is 22.3 Å². The summed E-state index contributed by atoms with van der Waals surface area (Å²) in [7, 11) is 2.94. The van der Waals surface area contributed by atoms with E-state index in [0.29, 0.717) is 11.1 Å². The van der Waals surface area contributed by atoms with Crippen molar-refractivity contribution in [3.63, 3.8) is 0 Å². The lowest BCUT2D eigenvalue weighted by Crippen LogP contribution is -2.71. The molecule has 8 N–H and O–H groups in total. The number of nitrogens with zero attached hydrogens (tertiary/aromatic N) is 1. The van der Waals surface area contributed by atoms with E-state index in [2.05, 4.69) is 4.72 Å². The minimum absolute atomic E-state index is 0.0525. The van der Waals surface area contributed by atoms with Crippen molar-refractivity contribution in [2.24, 2.45) is 17.6 Å². The minimum Gasteiger partial charge on any atom is -0.507 e. The smallest absolute Gasteiger partial charge is 0.235 e. The topological polar surface area (TPSA) is 194 Å². The fraction of sp³-hybridized carbons (Fsp3) is 0.321. The first-order chi connectivity index (χ1) is 18.9. The van der Waals surface area contributed by atoms with Crippen LogP contribution in [0.25, 0.3) is 10.8 Å². The van der Waals surface area contributed by atoms with Crippen LogP contribution in [0.4, 0.5) is 5.69 Å². The van der Waals surface area contributed by atoms with Crippen LogP contribution in [0.5, 0.6) is 11.5 Å². The summed E-state index contributed by atoms with van der Waals surface area (Å²) in [6.45, 7) is 0. The summed E-state index contributed by atoms with van der Waals surface area (Å²) in [6.07, 6.45) is -3.97. The molecule has 2 aliphatic rings. The maximum Gasteiger partial charge on any atom is 0.235 e. The van der Waals surface area contributed by atoms with E-state index >= 15 is 0 Å². The number of benzene rings is 3. The Balaban J connectivity index is 1.75. The van der Waals surface area contributed by atoms with Crippen LogP contribution in [0.1, 0.15) is 28.9 Å². The van der Waals surface area contributed by atoms with E-state index in [1.165, 1.54) is 43.1 Å². The van der Waals surface area contributed by atoms with Gasteiger partial charge in [0.25, 0.3) is 0 Å². The fourth-order valence-electron chi connectivity index (χ4n) is 6.09. The van der Waals surface area contributed by atoms with Crippen LogP contribution < -0.4 is 10.5 Å². The van der Waals surface area contributed by atoms with Gasteiger partial charge in [-0.25, -0.2) is 0 Å². The molecule has 11 nitrogen and oxygen atoms in total. The highest BCUT2D eigenvalue weighted by Crippen LogP contribution is 2.59. The molecule has 2 aliphatic carbocycles. The lowest BCUT2D eigenvalue weighted by atomic mass is 9.56. The third-order valence-corrected chi connectivity index (χ3v) is 8.69. The molecule has 5 rings (SSSR count). The summed E-state index contributed by atoms with van der Waals surface area (Å²) in [4.78, 5) is 40.4. The normalized spacial score (nSPS) is 27.9. The number of likely N-dealkylation sites (N-methyl/N-ethyl adjacent to an activating group) is 1. The first-order valence-electron chi connectivity index (χ1n) is 12.5. The standard InChI is InChI=1S/C28H29N3O8S/c1-31(2)21-19-23(34)16-17(25(36)28(19,39)26(37)18(24(21)35)27(29)38)22(33)15-13(9-6-10-14(15)32)20(16)30-40-11-12-7-4-3-5-8-12/h3-10,18-19,21,23,25,30,32-34,36,39H,11H2,1-2H3,(H2,29,38)/t18?,19-,21+,23+,25?,28+/m1/s1. The average Bonchev–Trinajstić information content (AvgIpc) is 2.90. The van der Waals surface area contributed by atoms with E-state index in [4.69, 9.17) is 5.73 Å². The number of nitrogens with one attached hydrogen (secondary N) is 1. The van der Waals surface area contributed by atoms with Crippen LogP contribution in [0.2, 0.25) is 0 Å². The fourth-order valence-corrected chi connectivity index (χ4v) is 6.88. The van der Waals surface area contributed by atoms with Gasteiger partial charge in [-0.1, -0.05) is 42.5 Å². The predicted octanol–water partition coefficient (Wildman–Crippen LogP) is 1.12. The van der Waals surface area contributed by atoms with Gasteiger partial charge >= 0.3 is 0 Å². The van der Waals surface area contributed by atoms with Crippen molar-refractivity contribution in [2.45, 2.75) is 29.6 Å². The maximum absolute atomic E-state index is 13.5. The summed E-state index contributed by atoms with van der Waals surface area (Å²) >= 11 is 1.23.